The van der Waals surface area contributed by atoms with Crippen LogP contribution in [-0.4, -0.2) is 28.8 Å². The molecule has 0 aliphatic heterocycles. The van der Waals surface area contributed by atoms with E-state index in [0.29, 0.717) is 6.54 Å². The van der Waals surface area contributed by atoms with E-state index in [1.165, 1.54) is 0 Å². The number of carboxylic acids is 1. The van der Waals surface area contributed by atoms with Crippen molar-refractivity contribution in [1.29, 1.82) is 0 Å². The lowest BCUT2D eigenvalue weighted by Crippen LogP contribution is -2.32. The number of carboxylic acid groups (broad SMARTS) is 1. The quantitative estimate of drug-likeness (QED) is 0.766. The summed E-state index contributed by atoms with van der Waals surface area (Å²) in [5.74, 6) is -1.02. The monoisotopic (exact) mass is 294 g/mol. The molecule has 1 amide bonds. The van der Waals surface area contributed by atoms with E-state index in [0.717, 1.165) is 11.1 Å². The maximum absolute atomic E-state index is 11.5. The molecule has 0 unspecified atom stereocenters. The van der Waals surface area contributed by atoms with Crippen molar-refractivity contribution in [1.82, 2.24) is 5.32 Å². The SMILES string of the molecule is CC(C)(C)OC(=O)NCc1ccc(C[C@@H](N)C(=O)O)cc1. The molecule has 6 heteroatoms. The highest BCUT2D eigenvalue weighted by atomic mass is 16.6. The van der Waals surface area contributed by atoms with Gasteiger partial charge < -0.3 is 20.9 Å². The van der Waals surface area contributed by atoms with Crippen LogP contribution < -0.4 is 11.1 Å². The third-order valence-electron chi connectivity index (χ3n) is 2.63. The number of hydrogen-bond donors (Lipinski definition) is 3. The van der Waals surface area contributed by atoms with Crippen molar-refractivity contribution in [2.24, 2.45) is 5.73 Å². The van der Waals surface area contributed by atoms with E-state index in [1.807, 2.05) is 12.1 Å². The molecular weight excluding hydrogens is 272 g/mol. The zero-order valence-electron chi connectivity index (χ0n) is 12.6. The summed E-state index contributed by atoms with van der Waals surface area (Å²) in [6.45, 7) is 5.74. The Balaban J connectivity index is 2.48. The Kier molecular flexibility index (Phi) is 5.72. The Bertz CT molecular complexity index is 491. The van der Waals surface area contributed by atoms with Gasteiger partial charge in [-0.1, -0.05) is 24.3 Å². The Labute approximate surface area is 124 Å². The minimum absolute atomic E-state index is 0.273. The fourth-order valence-electron chi connectivity index (χ4n) is 1.62. The first-order chi connectivity index (χ1) is 9.67. The number of hydrogen-bond acceptors (Lipinski definition) is 4. The number of rotatable bonds is 5. The molecule has 1 rings (SSSR count). The smallest absolute Gasteiger partial charge is 0.407 e. The second kappa shape index (κ2) is 7.08. The Hall–Kier alpha value is -2.08. The van der Waals surface area contributed by atoms with E-state index >= 15 is 0 Å². The number of carbonyl (C=O) groups excluding carboxylic acids is 1. The lowest BCUT2D eigenvalue weighted by Gasteiger charge is -2.19. The summed E-state index contributed by atoms with van der Waals surface area (Å²) < 4.78 is 5.13. The molecule has 1 atom stereocenters. The van der Waals surface area contributed by atoms with Gasteiger partial charge in [-0.25, -0.2) is 4.79 Å². The predicted molar refractivity (Wildman–Crippen MR) is 78.8 cm³/mol. The molecule has 0 saturated heterocycles. The van der Waals surface area contributed by atoms with Gasteiger partial charge in [0, 0.05) is 6.54 Å². The first-order valence-electron chi connectivity index (χ1n) is 6.70. The van der Waals surface area contributed by atoms with Crippen molar-refractivity contribution in [2.45, 2.75) is 45.4 Å². The Morgan fingerprint density at radius 2 is 1.76 bits per heavy atom. The van der Waals surface area contributed by atoms with Crippen molar-refractivity contribution in [3.8, 4) is 0 Å². The molecule has 0 saturated carbocycles. The van der Waals surface area contributed by atoms with Gasteiger partial charge in [-0.15, -0.1) is 0 Å². The summed E-state index contributed by atoms with van der Waals surface area (Å²) in [6.07, 6.45) is -0.200. The summed E-state index contributed by atoms with van der Waals surface area (Å²) >= 11 is 0. The molecule has 4 N–H and O–H groups in total. The first kappa shape index (κ1) is 17.0. The molecule has 0 bridgehead atoms. The predicted octanol–water partition coefficient (Wildman–Crippen LogP) is 1.67. The molecule has 6 nitrogen and oxygen atoms in total. The minimum atomic E-state index is -1.02. The average Bonchev–Trinajstić information content (AvgIpc) is 2.35. The molecule has 21 heavy (non-hydrogen) atoms. The first-order valence-corrected chi connectivity index (χ1v) is 6.70. The van der Waals surface area contributed by atoms with Crippen LogP contribution in [0.5, 0.6) is 0 Å². The number of nitrogens with one attached hydrogen (secondary N) is 1. The molecular formula is C15H22N2O4. The van der Waals surface area contributed by atoms with E-state index in [1.54, 1.807) is 32.9 Å². The van der Waals surface area contributed by atoms with Crippen LogP contribution in [0.25, 0.3) is 0 Å². The number of benzene rings is 1. The summed E-state index contributed by atoms with van der Waals surface area (Å²) in [5.41, 5.74) is 6.68. The van der Waals surface area contributed by atoms with Crippen LogP contribution in [0.15, 0.2) is 24.3 Å². The highest BCUT2D eigenvalue weighted by molar-refractivity contribution is 5.73. The largest absolute Gasteiger partial charge is 0.480 e. The molecule has 116 valence electrons. The van der Waals surface area contributed by atoms with E-state index in [4.69, 9.17) is 15.6 Å². The molecule has 0 heterocycles. The van der Waals surface area contributed by atoms with Crippen molar-refractivity contribution in [3.05, 3.63) is 35.4 Å². The standard InChI is InChI=1S/C15H22N2O4/c1-15(2,3)21-14(20)17-9-11-6-4-10(5-7-11)8-12(16)13(18)19/h4-7,12H,8-9,16H2,1-3H3,(H,17,20)(H,18,19)/t12-/m1/s1. The van der Waals surface area contributed by atoms with Gasteiger partial charge in [0.05, 0.1) is 0 Å². The zero-order chi connectivity index (χ0) is 16.0. The summed E-state index contributed by atoms with van der Waals surface area (Å²) in [4.78, 5) is 22.2. The maximum atomic E-state index is 11.5. The van der Waals surface area contributed by atoms with Crippen molar-refractivity contribution >= 4 is 12.1 Å². The number of ether oxygens (including phenoxy) is 1. The van der Waals surface area contributed by atoms with Crippen LogP contribution in [0.1, 0.15) is 31.9 Å². The molecule has 0 aromatic heterocycles. The van der Waals surface area contributed by atoms with Crippen LogP contribution in [-0.2, 0) is 22.5 Å². The summed E-state index contributed by atoms with van der Waals surface area (Å²) in [7, 11) is 0. The van der Waals surface area contributed by atoms with E-state index in [9.17, 15) is 9.59 Å². The zero-order valence-corrected chi connectivity index (χ0v) is 12.6. The molecule has 0 fully saturated rings. The van der Waals surface area contributed by atoms with Gasteiger partial charge in [-0.3, -0.25) is 4.79 Å². The number of carbonyl (C=O) groups is 2. The molecule has 1 aromatic rings. The molecule has 1 aromatic carbocycles. The topological polar surface area (TPSA) is 102 Å². The van der Waals surface area contributed by atoms with E-state index < -0.39 is 23.7 Å². The van der Waals surface area contributed by atoms with Crippen molar-refractivity contribution in [2.75, 3.05) is 0 Å². The Morgan fingerprint density at radius 3 is 2.24 bits per heavy atom. The number of amides is 1. The van der Waals surface area contributed by atoms with Gasteiger partial charge in [0.25, 0.3) is 0 Å². The maximum Gasteiger partial charge on any atom is 0.407 e. The third-order valence-corrected chi connectivity index (χ3v) is 2.63. The minimum Gasteiger partial charge on any atom is -0.480 e. The van der Waals surface area contributed by atoms with Crippen LogP contribution in [0.4, 0.5) is 4.79 Å². The molecule has 0 radical (unpaired) electrons. The average molecular weight is 294 g/mol. The highest BCUT2D eigenvalue weighted by Gasteiger charge is 2.15. The number of nitrogens with two attached hydrogens (primary N) is 1. The second-order valence-electron chi connectivity index (χ2n) is 5.82. The fourth-order valence-corrected chi connectivity index (χ4v) is 1.62. The van der Waals surface area contributed by atoms with Crippen LogP contribution >= 0.6 is 0 Å². The van der Waals surface area contributed by atoms with Crippen LogP contribution in [0, 0.1) is 0 Å². The van der Waals surface area contributed by atoms with Crippen LogP contribution in [0.2, 0.25) is 0 Å². The van der Waals surface area contributed by atoms with Crippen molar-refractivity contribution in [3.63, 3.8) is 0 Å². The lowest BCUT2D eigenvalue weighted by atomic mass is 10.0. The summed E-state index contributed by atoms with van der Waals surface area (Å²) in [5, 5.41) is 11.4. The highest BCUT2D eigenvalue weighted by Crippen LogP contribution is 2.09. The molecule has 0 spiro atoms. The number of aliphatic carboxylic acids is 1. The second-order valence-corrected chi connectivity index (χ2v) is 5.82. The van der Waals surface area contributed by atoms with Gasteiger partial charge in [-0.2, -0.15) is 0 Å². The van der Waals surface area contributed by atoms with Gasteiger partial charge in [0.1, 0.15) is 11.6 Å². The van der Waals surface area contributed by atoms with Crippen LogP contribution in [0.3, 0.4) is 0 Å². The molecule has 0 aliphatic carbocycles. The normalized spacial score (nSPS) is 12.6. The third kappa shape index (κ3) is 6.76. The van der Waals surface area contributed by atoms with Gasteiger partial charge in [0.2, 0.25) is 0 Å². The Morgan fingerprint density at radius 1 is 1.24 bits per heavy atom. The molecule has 0 aliphatic rings. The van der Waals surface area contributed by atoms with Gasteiger partial charge >= 0.3 is 12.1 Å². The lowest BCUT2D eigenvalue weighted by molar-refractivity contribution is -0.138. The van der Waals surface area contributed by atoms with E-state index in [-0.39, 0.29) is 6.42 Å². The summed E-state index contributed by atoms with van der Waals surface area (Å²) in [6, 6.07) is 6.34. The van der Waals surface area contributed by atoms with Gasteiger partial charge in [0.15, 0.2) is 0 Å². The van der Waals surface area contributed by atoms with E-state index in [2.05, 4.69) is 5.32 Å². The fraction of sp³-hybridized carbons (Fsp3) is 0.467. The van der Waals surface area contributed by atoms with Gasteiger partial charge in [-0.05, 0) is 38.3 Å². The number of alkyl carbamates (subject to hydrolysis) is 1. The van der Waals surface area contributed by atoms with Crippen molar-refractivity contribution < 1.29 is 19.4 Å².